The van der Waals surface area contributed by atoms with Gasteiger partial charge in [0.25, 0.3) is 0 Å². The van der Waals surface area contributed by atoms with Gasteiger partial charge in [-0.05, 0) is 35.4 Å². The maximum Gasteiger partial charge on any atom is 0.179 e. The van der Waals surface area contributed by atoms with Crippen LogP contribution >= 0.6 is 11.6 Å². The average Bonchev–Trinajstić information content (AvgIpc) is 2.67. The molecule has 0 fully saturated rings. The first-order valence-corrected chi connectivity index (χ1v) is 10.4. The highest BCUT2D eigenvalue weighted by Crippen LogP contribution is 2.22. The monoisotopic (exact) mass is 385 g/mol. The van der Waals surface area contributed by atoms with E-state index < -0.39 is 9.84 Å². The van der Waals surface area contributed by atoms with Crippen molar-refractivity contribution in [2.45, 2.75) is 10.9 Å². The fourth-order valence-corrected chi connectivity index (χ4v) is 4.12. The maximum absolute atomic E-state index is 12.5. The van der Waals surface area contributed by atoms with E-state index in [0.717, 1.165) is 11.1 Å². The summed E-state index contributed by atoms with van der Waals surface area (Å²) < 4.78 is 25.0. The molecular formula is C21H20ClNO2S. The van der Waals surface area contributed by atoms with Crippen LogP contribution < -0.4 is 5.32 Å². The largest absolute Gasteiger partial charge is 0.305 e. The Labute approximate surface area is 159 Å². The Bertz CT molecular complexity index is 887. The molecule has 0 spiro atoms. The van der Waals surface area contributed by atoms with Gasteiger partial charge in [0.2, 0.25) is 0 Å². The number of rotatable bonds is 7. The third-order valence-electron chi connectivity index (χ3n) is 4.16. The van der Waals surface area contributed by atoms with Crippen LogP contribution in [0.25, 0.3) is 0 Å². The molecule has 0 amide bonds. The van der Waals surface area contributed by atoms with Gasteiger partial charge in [-0.15, -0.1) is 0 Å². The molecule has 0 atom stereocenters. The normalized spacial score (nSPS) is 11.6. The van der Waals surface area contributed by atoms with Crippen LogP contribution in [0, 0.1) is 0 Å². The standard InChI is InChI=1S/C21H20ClNO2S/c22-19-11-13-20(14-12-19)26(24,25)16-15-23-21(17-7-3-1-4-8-17)18-9-5-2-6-10-18/h1-14,21,23H,15-16H2. The lowest BCUT2D eigenvalue weighted by Crippen LogP contribution is -2.28. The van der Waals surface area contributed by atoms with E-state index in [1.165, 1.54) is 0 Å². The Kier molecular flexibility index (Phi) is 6.09. The molecule has 134 valence electrons. The Hall–Kier alpha value is -2.14. The molecule has 1 N–H and O–H groups in total. The highest BCUT2D eigenvalue weighted by Gasteiger charge is 2.17. The minimum atomic E-state index is -3.36. The van der Waals surface area contributed by atoms with Gasteiger partial charge in [-0.2, -0.15) is 0 Å². The third-order valence-corrected chi connectivity index (χ3v) is 6.14. The van der Waals surface area contributed by atoms with E-state index in [4.69, 9.17) is 11.6 Å². The van der Waals surface area contributed by atoms with Crippen molar-refractivity contribution in [3.8, 4) is 0 Å². The van der Waals surface area contributed by atoms with Crippen molar-refractivity contribution in [1.82, 2.24) is 5.32 Å². The van der Waals surface area contributed by atoms with Crippen molar-refractivity contribution in [1.29, 1.82) is 0 Å². The quantitative estimate of drug-likeness (QED) is 0.651. The summed E-state index contributed by atoms with van der Waals surface area (Å²) in [6.07, 6.45) is 0. The molecule has 0 aromatic heterocycles. The van der Waals surface area contributed by atoms with Gasteiger partial charge in [0.1, 0.15) is 0 Å². The zero-order chi connectivity index (χ0) is 18.4. The van der Waals surface area contributed by atoms with Crippen molar-refractivity contribution in [3.63, 3.8) is 0 Å². The van der Waals surface area contributed by atoms with E-state index in [9.17, 15) is 8.42 Å². The Morgan fingerprint density at radius 3 is 1.77 bits per heavy atom. The lowest BCUT2D eigenvalue weighted by atomic mass is 9.99. The Morgan fingerprint density at radius 1 is 0.769 bits per heavy atom. The van der Waals surface area contributed by atoms with Crippen molar-refractivity contribution in [2.75, 3.05) is 12.3 Å². The van der Waals surface area contributed by atoms with Crippen LogP contribution in [0.1, 0.15) is 17.2 Å². The molecule has 0 unspecified atom stereocenters. The molecular weight excluding hydrogens is 366 g/mol. The molecule has 0 aliphatic carbocycles. The molecule has 3 rings (SSSR count). The topological polar surface area (TPSA) is 46.2 Å². The average molecular weight is 386 g/mol. The second kappa shape index (κ2) is 8.49. The van der Waals surface area contributed by atoms with Gasteiger partial charge in [-0.3, -0.25) is 0 Å². The summed E-state index contributed by atoms with van der Waals surface area (Å²) >= 11 is 5.84. The molecule has 3 aromatic rings. The first-order valence-electron chi connectivity index (χ1n) is 8.38. The molecule has 0 saturated carbocycles. The molecule has 3 nitrogen and oxygen atoms in total. The fraction of sp³-hybridized carbons (Fsp3) is 0.143. The first kappa shape index (κ1) is 18.6. The zero-order valence-electron chi connectivity index (χ0n) is 14.2. The van der Waals surface area contributed by atoms with E-state index in [2.05, 4.69) is 5.32 Å². The number of sulfone groups is 1. The van der Waals surface area contributed by atoms with Crippen LogP contribution in [0.3, 0.4) is 0 Å². The van der Waals surface area contributed by atoms with Crippen LogP contribution in [-0.2, 0) is 9.84 Å². The second-order valence-corrected chi connectivity index (χ2v) is 8.53. The van der Waals surface area contributed by atoms with Crippen LogP contribution in [-0.4, -0.2) is 20.7 Å². The molecule has 3 aromatic carbocycles. The van der Waals surface area contributed by atoms with Gasteiger partial charge < -0.3 is 5.32 Å². The molecule has 0 aliphatic heterocycles. The summed E-state index contributed by atoms with van der Waals surface area (Å²) in [5.74, 6) is 0.0187. The summed E-state index contributed by atoms with van der Waals surface area (Å²) in [5, 5.41) is 3.91. The number of hydrogen-bond donors (Lipinski definition) is 1. The number of nitrogens with one attached hydrogen (secondary N) is 1. The van der Waals surface area contributed by atoms with Crippen molar-refractivity contribution in [3.05, 3.63) is 101 Å². The van der Waals surface area contributed by atoms with Crippen LogP contribution in [0.4, 0.5) is 0 Å². The van der Waals surface area contributed by atoms with E-state index >= 15 is 0 Å². The molecule has 0 bridgehead atoms. The van der Waals surface area contributed by atoms with Gasteiger partial charge in [0.15, 0.2) is 9.84 Å². The van der Waals surface area contributed by atoms with E-state index in [0.29, 0.717) is 16.5 Å². The molecule has 5 heteroatoms. The third kappa shape index (κ3) is 4.73. The Morgan fingerprint density at radius 2 is 1.27 bits per heavy atom. The molecule has 0 radical (unpaired) electrons. The lowest BCUT2D eigenvalue weighted by Gasteiger charge is -2.20. The smallest absolute Gasteiger partial charge is 0.179 e. The van der Waals surface area contributed by atoms with E-state index in [1.54, 1.807) is 24.3 Å². The summed E-state index contributed by atoms with van der Waals surface area (Å²) in [5.41, 5.74) is 2.20. The predicted molar refractivity (Wildman–Crippen MR) is 106 cm³/mol. The van der Waals surface area contributed by atoms with Gasteiger partial charge in [0, 0.05) is 11.6 Å². The summed E-state index contributed by atoms with van der Waals surface area (Å²) in [6, 6.07) is 26.3. The fourth-order valence-electron chi connectivity index (χ4n) is 2.82. The number of benzene rings is 3. The van der Waals surface area contributed by atoms with Crippen LogP contribution in [0.5, 0.6) is 0 Å². The van der Waals surface area contributed by atoms with E-state index in [1.807, 2.05) is 60.7 Å². The van der Waals surface area contributed by atoms with Crippen molar-refractivity contribution >= 4 is 21.4 Å². The van der Waals surface area contributed by atoms with Crippen molar-refractivity contribution in [2.24, 2.45) is 0 Å². The molecule has 26 heavy (non-hydrogen) atoms. The van der Waals surface area contributed by atoms with Crippen molar-refractivity contribution < 1.29 is 8.42 Å². The van der Waals surface area contributed by atoms with Gasteiger partial charge in [-0.1, -0.05) is 72.3 Å². The van der Waals surface area contributed by atoms with Crippen LogP contribution in [0.15, 0.2) is 89.8 Å². The Balaban J connectivity index is 1.73. The summed E-state index contributed by atoms with van der Waals surface area (Å²) in [6.45, 7) is 0.347. The van der Waals surface area contributed by atoms with Gasteiger partial charge >= 0.3 is 0 Å². The molecule has 0 saturated heterocycles. The first-order chi connectivity index (χ1) is 12.6. The zero-order valence-corrected chi connectivity index (χ0v) is 15.7. The SMILES string of the molecule is O=S(=O)(CCNC(c1ccccc1)c1ccccc1)c1ccc(Cl)cc1. The minimum Gasteiger partial charge on any atom is -0.305 e. The summed E-state index contributed by atoms with van der Waals surface area (Å²) in [4.78, 5) is 0.291. The highest BCUT2D eigenvalue weighted by atomic mass is 35.5. The van der Waals surface area contributed by atoms with E-state index in [-0.39, 0.29) is 11.8 Å². The number of hydrogen-bond acceptors (Lipinski definition) is 3. The van der Waals surface area contributed by atoms with Gasteiger partial charge in [0.05, 0.1) is 16.7 Å². The maximum atomic E-state index is 12.5. The second-order valence-electron chi connectivity index (χ2n) is 5.98. The molecule has 0 aliphatic rings. The highest BCUT2D eigenvalue weighted by molar-refractivity contribution is 7.91. The molecule has 0 heterocycles. The predicted octanol–water partition coefficient (Wildman–Crippen LogP) is 4.49. The van der Waals surface area contributed by atoms with Gasteiger partial charge in [-0.25, -0.2) is 8.42 Å². The van der Waals surface area contributed by atoms with Crippen LogP contribution in [0.2, 0.25) is 5.02 Å². The summed E-state index contributed by atoms with van der Waals surface area (Å²) in [7, 11) is -3.36. The minimum absolute atomic E-state index is 0.0187. The lowest BCUT2D eigenvalue weighted by molar-refractivity contribution is 0.582. The number of halogens is 1.